The minimum Gasteiger partial charge on any atom is -0.382 e. The molecule has 1 aliphatic carbocycles. The molecular formula is C36H38N8O. The van der Waals surface area contributed by atoms with E-state index in [9.17, 15) is 4.79 Å². The lowest BCUT2D eigenvalue weighted by molar-refractivity contribution is -0.115. The zero-order chi connectivity index (χ0) is 31.2. The van der Waals surface area contributed by atoms with Crippen LogP contribution in [0.1, 0.15) is 56.1 Å². The number of hydrogen-bond acceptors (Lipinski definition) is 6. The van der Waals surface area contributed by atoms with Gasteiger partial charge in [0.1, 0.15) is 22.9 Å². The molecule has 45 heavy (non-hydrogen) atoms. The van der Waals surface area contributed by atoms with Crippen molar-refractivity contribution in [3.05, 3.63) is 90.3 Å². The number of aromatic nitrogens is 5. The van der Waals surface area contributed by atoms with Crippen LogP contribution in [0.4, 0.5) is 11.5 Å². The quantitative estimate of drug-likeness (QED) is 0.194. The molecule has 0 bridgehead atoms. The van der Waals surface area contributed by atoms with Crippen molar-refractivity contribution in [3.63, 3.8) is 0 Å². The summed E-state index contributed by atoms with van der Waals surface area (Å²) in [5.74, 6) is 1.49. The van der Waals surface area contributed by atoms with E-state index in [0.717, 1.165) is 80.6 Å². The molecule has 9 heteroatoms. The van der Waals surface area contributed by atoms with Crippen LogP contribution in [-0.4, -0.2) is 42.9 Å². The van der Waals surface area contributed by atoms with Gasteiger partial charge >= 0.3 is 0 Å². The van der Waals surface area contributed by atoms with Crippen molar-refractivity contribution in [2.75, 3.05) is 18.1 Å². The van der Waals surface area contributed by atoms with Crippen molar-refractivity contribution >= 4 is 50.3 Å². The minimum absolute atomic E-state index is 0.0860. The van der Waals surface area contributed by atoms with Gasteiger partial charge in [-0.05, 0) is 66.4 Å². The molecule has 3 aromatic carbocycles. The summed E-state index contributed by atoms with van der Waals surface area (Å²) in [7, 11) is 3.98. The summed E-state index contributed by atoms with van der Waals surface area (Å²) in [4.78, 5) is 27.6. The van der Waals surface area contributed by atoms with Crippen LogP contribution in [0.25, 0.3) is 44.2 Å². The SMILES string of the molecule is CNC1CC=C(c2cnc(N)c3c(-c4ccc(CC(=O)Nc5ccc6c(c5)ncn6C)c5ccccc45)nc(C(C)C)n23)CC1. The van der Waals surface area contributed by atoms with Gasteiger partial charge in [0.15, 0.2) is 0 Å². The van der Waals surface area contributed by atoms with E-state index in [4.69, 9.17) is 10.7 Å². The predicted molar refractivity (Wildman–Crippen MR) is 182 cm³/mol. The van der Waals surface area contributed by atoms with Crippen molar-refractivity contribution in [1.82, 2.24) is 29.2 Å². The van der Waals surface area contributed by atoms with Crippen molar-refractivity contribution < 1.29 is 4.79 Å². The van der Waals surface area contributed by atoms with Crippen molar-refractivity contribution in [2.24, 2.45) is 7.05 Å². The number of imidazole rings is 2. The first kappa shape index (κ1) is 28.7. The Kier molecular flexibility index (Phi) is 7.33. The fourth-order valence-electron chi connectivity index (χ4n) is 6.61. The van der Waals surface area contributed by atoms with Crippen LogP contribution in [0, 0.1) is 0 Å². The summed E-state index contributed by atoms with van der Waals surface area (Å²) in [5.41, 5.74) is 15.1. The summed E-state index contributed by atoms with van der Waals surface area (Å²) >= 11 is 0. The van der Waals surface area contributed by atoms with E-state index in [1.165, 1.54) is 5.57 Å². The second kappa shape index (κ2) is 11.5. The number of hydrogen-bond donors (Lipinski definition) is 3. The van der Waals surface area contributed by atoms with Gasteiger partial charge < -0.3 is 20.9 Å². The lowest BCUT2D eigenvalue weighted by atomic mass is 9.93. The molecular weight excluding hydrogens is 560 g/mol. The van der Waals surface area contributed by atoms with Gasteiger partial charge in [-0.1, -0.05) is 56.3 Å². The third kappa shape index (κ3) is 5.13. The zero-order valence-corrected chi connectivity index (χ0v) is 26.1. The van der Waals surface area contributed by atoms with Crippen LogP contribution in [0.5, 0.6) is 0 Å². The third-order valence-corrected chi connectivity index (χ3v) is 9.01. The fourth-order valence-corrected chi connectivity index (χ4v) is 6.61. The average molecular weight is 599 g/mol. The Morgan fingerprint density at radius 3 is 2.67 bits per heavy atom. The Hall–Kier alpha value is -5.02. The Bertz CT molecular complexity index is 2120. The molecule has 6 aromatic rings. The molecule has 0 saturated carbocycles. The lowest BCUT2D eigenvalue weighted by Crippen LogP contribution is -2.26. The van der Waals surface area contributed by atoms with E-state index in [-0.39, 0.29) is 18.2 Å². The van der Waals surface area contributed by atoms with Crippen molar-refractivity contribution in [2.45, 2.75) is 51.5 Å². The normalized spacial score (nSPS) is 15.3. The number of rotatable bonds is 7. The van der Waals surface area contributed by atoms with Gasteiger partial charge in [0.25, 0.3) is 0 Å². The van der Waals surface area contributed by atoms with E-state index < -0.39 is 0 Å². The Balaban J connectivity index is 1.28. The number of fused-ring (bicyclic) bond motifs is 3. The fraction of sp³-hybridized carbons (Fsp3) is 0.278. The topological polar surface area (TPSA) is 115 Å². The molecule has 0 saturated heterocycles. The molecule has 228 valence electrons. The molecule has 9 nitrogen and oxygen atoms in total. The van der Waals surface area contributed by atoms with Gasteiger partial charge in [0, 0.05) is 30.3 Å². The summed E-state index contributed by atoms with van der Waals surface area (Å²) in [6.45, 7) is 4.33. The largest absolute Gasteiger partial charge is 0.382 e. The number of allylic oxidation sites excluding steroid dienone is 1. The zero-order valence-electron chi connectivity index (χ0n) is 26.1. The van der Waals surface area contributed by atoms with Crippen LogP contribution < -0.4 is 16.4 Å². The maximum absolute atomic E-state index is 13.3. The van der Waals surface area contributed by atoms with E-state index in [1.807, 2.05) is 61.3 Å². The highest BCUT2D eigenvalue weighted by molar-refractivity contribution is 6.04. The van der Waals surface area contributed by atoms with Gasteiger partial charge in [-0.2, -0.15) is 0 Å². The number of anilines is 2. The molecule has 0 spiro atoms. The number of carbonyl (C=O) groups excluding carboxylic acids is 1. The third-order valence-electron chi connectivity index (χ3n) is 9.01. The van der Waals surface area contributed by atoms with Gasteiger partial charge in [-0.3, -0.25) is 9.20 Å². The second-order valence-electron chi connectivity index (χ2n) is 12.3. The molecule has 7 rings (SSSR count). The molecule has 0 radical (unpaired) electrons. The maximum Gasteiger partial charge on any atom is 0.228 e. The molecule has 1 aliphatic rings. The molecule has 3 heterocycles. The molecule has 1 unspecified atom stereocenters. The number of nitrogens with zero attached hydrogens (tertiary/aromatic N) is 5. The first-order chi connectivity index (χ1) is 21.8. The van der Waals surface area contributed by atoms with Gasteiger partial charge in [0.05, 0.1) is 35.7 Å². The molecule has 3 aromatic heterocycles. The highest BCUT2D eigenvalue weighted by Gasteiger charge is 2.25. The first-order valence-electron chi connectivity index (χ1n) is 15.6. The van der Waals surface area contributed by atoms with Crippen LogP contribution in [-0.2, 0) is 18.3 Å². The summed E-state index contributed by atoms with van der Waals surface area (Å²) < 4.78 is 4.18. The van der Waals surface area contributed by atoms with Crippen molar-refractivity contribution in [1.29, 1.82) is 0 Å². The van der Waals surface area contributed by atoms with Gasteiger partial charge in [0.2, 0.25) is 5.91 Å². The van der Waals surface area contributed by atoms with Crippen LogP contribution in [0.3, 0.4) is 0 Å². The Morgan fingerprint density at radius 1 is 1.09 bits per heavy atom. The highest BCUT2D eigenvalue weighted by Crippen LogP contribution is 2.39. The number of nitrogens with one attached hydrogen (secondary N) is 2. The number of amides is 1. The van der Waals surface area contributed by atoms with E-state index in [2.05, 4.69) is 63.1 Å². The van der Waals surface area contributed by atoms with Gasteiger partial charge in [-0.25, -0.2) is 15.0 Å². The Labute approximate surface area is 262 Å². The highest BCUT2D eigenvalue weighted by atomic mass is 16.1. The molecule has 0 aliphatic heterocycles. The standard InChI is InChI=1S/C36H38N8O/c1-21(2)36-42-33(34-35(37)39-19-31(44(34)36)22-9-12-24(38-3)13-10-22)28-15-11-23(26-7-5-6-8-27(26)28)17-32(45)41-25-14-16-30-29(18-25)40-20-43(30)4/h5-9,11,14-16,18-21,24,38H,10,12-13,17H2,1-4H3,(H2,37,39)(H,41,45). The summed E-state index contributed by atoms with van der Waals surface area (Å²) in [6, 6.07) is 18.6. The predicted octanol–water partition coefficient (Wildman–Crippen LogP) is 6.48. The van der Waals surface area contributed by atoms with Crippen molar-refractivity contribution in [3.8, 4) is 11.3 Å². The summed E-state index contributed by atoms with van der Waals surface area (Å²) in [6.07, 6.45) is 9.25. The van der Waals surface area contributed by atoms with E-state index in [0.29, 0.717) is 11.9 Å². The maximum atomic E-state index is 13.3. The molecule has 0 fully saturated rings. The lowest BCUT2D eigenvalue weighted by Gasteiger charge is -2.22. The van der Waals surface area contributed by atoms with Crippen LogP contribution in [0.2, 0.25) is 0 Å². The monoisotopic (exact) mass is 598 g/mol. The van der Waals surface area contributed by atoms with Crippen LogP contribution >= 0.6 is 0 Å². The van der Waals surface area contributed by atoms with E-state index >= 15 is 0 Å². The first-order valence-corrected chi connectivity index (χ1v) is 15.6. The number of aryl methyl sites for hydroxylation is 1. The summed E-state index contributed by atoms with van der Waals surface area (Å²) in [5, 5.41) is 8.49. The number of benzene rings is 3. The average Bonchev–Trinajstić information content (AvgIpc) is 3.63. The number of carbonyl (C=O) groups is 1. The number of nitrogen functional groups attached to an aromatic ring is 1. The van der Waals surface area contributed by atoms with Crippen LogP contribution in [0.15, 0.2) is 73.2 Å². The second-order valence-corrected chi connectivity index (χ2v) is 12.3. The molecule has 4 N–H and O–H groups in total. The molecule has 1 atom stereocenters. The minimum atomic E-state index is -0.0860. The Morgan fingerprint density at radius 2 is 1.91 bits per heavy atom. The number of nitrogens with two attached hydrogens (primary N) is 1. The van der Waals surface area contributed by atoms with Gasteiger partial charge in [-0.15, -0.1) is 0 Å². The molecule has 1 amide bonds. The van der Waals surface area contributed by atoms with E-state index in [1.54, 1.807) is 6.33 Å². The smallest absolute Gasteiger partial charge is 0.228 e.